The summed E-state index contributed by atoms with van der Waals surface area (Å²) in [6, 6.07) is 8.34. The molecule has 0 fully saturated rings. The van der Waals surface area contributed by atoms with Crippen molar-refractivity contribution in [2.24, 2.45) is 0 Å². The molecule has 0 amide bonds. The SMILES string of the molecule is CCCc1nc(-c2ccc(C)cc2)c(N)s1. The summed E-state index contributed by atoms with van der Waals surface area (Å²) in [5, 5.41) is 1.96. The van der Waals surface area contributed by atoms with E-state index in [9.17, 15) is 0 Å². The minimum atomic E-state index is 0.826. The Hall–Kier alpha value is -1.35. The molecule has 1 heterocycles. The molecule has 0 aliphatic carbocycles. The van der Waals surface area contributed by atoms with Crippen LogP contribution in [0.25, 0.3) is 11.3 Å². The van der Waals surface area contributed by atoms with Gasteiger partial charge in [0, 0.05) is 5.56 Å². The number of aryl methyl sites for hydroxylation is 2. The topological polar surface area (TPSA) is 38.9 Å². The van der Waals surface area contributed by atoms with E-state index < -0.39 is 0 Å². The van der Waals surface area contributed by atoms with Crippen molar-refractivity contribution in [1.82, 2.24) is 4.98 Å². The first kappa shape index (κ1) is 11.1. The fraction of sp³-hybridized carbons (Fsp3) is 0.308. The van der Waals surface area contributed by atoms with Crippen molar-refractivity contribution in [3.8, 4) is 11.3 Å². The lowest BCUT2D eigenvalue weighted by atomic mass is 10.1. The summed E-state index contributed by atoms with van der Waals surface area (Å²) in [6.45, 7) is 4.24. The van der Waals surface area contributed by atoms with Crippen LogP contribution in [0.1, 0.15) is 23.9 Å². The standard InChI is InChI=1S/C13H16N2S/c1-3-4-11-15-12(13(14)16-11)10-7-5-9(2)6-8-10/h5-8H,3-4,14H2,1-2H3. The van der Waals surface area contributed by atoms with Gasteiger partial charge in [-0.3, -0.25) is 0 Å². The second-order valence-electron chi connectivity index (χ2n) is 3.94. The number of hydrogen-bond donors (Lipinski definition) is 1. The molecule has 0 bridgehead atoms. The maximum atomic E-state index is 6.00. The van der Waals surface area contributed by atoms with Gasteiger partial charge in [-0.05, 0) is 19.8 Å². The summed E-state index contributed by atoms with van der Waals surface area (Å²) >= 11 is 1.60. The van der Waals surface area contributed by atoms with Gasteiger partial charge in [-0.25, -0.2) is 4.98 Å². The van der Waals surface area contributed by atoms with E-state index in [0.717, 1.165) is 34.1 Å². The van der Waals surface area contributed by atoms with Crippen LogP contribution in [0.15, 0.2) is 24.3 Å². The molecule has 2 nitrogen and oxygen atoms in total. The van der Waals surface area contributed by atoms with E-state index in [-0.39, 0.29) is 0 Å². The van der Waals surface area contributed by atoms with Gasteiger partial charge in [-0.15, -0.1) is 11.3 Å². The highest BCUT2D eigenvalue weighted by Gasteiger charge is 2.09. The highest BCUT2D eigenvalue weighted by molar-refractivity contribution is 7.16. The molecule has 0 spiro atoms. The van der Waals surface area contributed by atoms with Crippen LogP contribution in [0.5, 0.6) is 0 Å². The van der Waals surface area contributed by atoms with E-state index in [4.69, 9.17) is 5.73 Å². The highest BCUT2D eigenvalue weighted by atomic mass is 32.1. The van der Waals surface area contributed by atoms with Crippen molar-refractivity contribution in [2.45, 2.75) is 26.7 Å². The summed E-state index contributed by atoms with van der Waals surface area (Å²) in [7, 11) is 0. The molecule has 2 N–H and O–H groups in total. The van der Waals surface area contributed by atoms with Crippen LogP contribution in [-0.4, -0.2) is 4.98 Å². The van der Waals surface area contributed by atoms with Crippen LogP contribution in [0.2, 0.25) is 0 Å². The normalized spacial score (nSPS) is 10.6. The Kier molecular flexibility index (Phi) is 3.25. The zero-order valence-corrected chi connectivity index (χ0v) is 10.5. The summed E-state index contributed by atoms with van der Waals surface area (Å²) < 4.78 is 0. The van der Waals surface area contributed by atoms with Crippen LogP contribution in [-0.2, 0) is 6.42 Å². The van der Waals surface area contributed by atoms with Crippen molar-refractivity contribution in [2.75, 3.05) is 5.73 Å². The molecule has 1 aromatic carbocycles. The lowest BCUT2D eigenvalue weighted by molar-refractivity contribution is 0.910. The van der Waals surface area contributed by atoms with Gasteiger partial charge in [0.05, 0.1) is 5.01 Å². The molecule has 0 aliphatic heterocycles. The van der Waals surface area contributed by atoms with Gasteiger partial charge >= 0.3 is 0 Å². The number of nitrogens with zero attached hydrogens (tertiary/aromatic N) is 1. The maximum absolute atomic E-state index is 6.00. The van der Waals surface area contributed by atoms with Gasteiger partial charge in [-0.2, -0.15) is 0 Å². The van der Waals surface area contributed by atoms with E-state index in [1.165, 1.54) is 5.56 Å². The molecule has 2 rings (SSSR count). The molecular weight excluding hydrogens is 216 g/mol. The lowest BCUT2D eigenvalue weighted by Crippen LogP contribution is -1.86. The fourth-order valence-electron chi connectivity index (χ4n) is 1.62. The second-order valence-corrected chi connectivity index (χ2v) is 5.05. The van der Waals surface area contributed by atoms with E-state index in [1.54, 1.807) is 11.3 Å². The minimum Gasteiger partial charge on any atom is -0.389 e. The Bertz CT molecular complexity index is 471. The van der Waals surface area contributed by atoms with Crippen molar-refractivity contribution in [1.29, 1.82) is 0 Å². The van der Waals surface area contributed by atoms with Crippen LogP contribution in [0.4, 0.5) is 5.00 Å². The first-order valence-corrected chi connectivity index (χ1v) is 6.34. The molecule has 0 atom stereocenters. The Morgan fingerprint density at radius 2 is 1.94 bits per heavy atom. The quantitative estimate of drug-likeness (QED) is 0.877. The molecule has 0 aliphatic rings. The van der Waals surface area contributed by atoms with E-state index >= 15 is 0 Å². The minimum absolute atomic E-state index is 0.826. The number of aromatic nitrogens is 1. The van der Waals surface area contributed by atoms with E-state index in [0.29, 0.717) is 0 Å². The monoisotopic (exact) mass is 232 g/mol. The molecule has 0 saturated heterocycles. The van der Waals surface area contributed by atoms with Crippen molar-refractivity contribution in [3.63, 3.8) is 0 Å². The smallest absolute Gasteiger partial charge is 0.114 e. The number of anilines is 1. The van der Waals surface area contributed by atoms with Gasteiger partial charge in [-0.1, -0.05) is 36.8 Å². The molecule has 2 aromatic rings. The van der Waals surface area contributed by atoms with Crippen molar-refractivity contribution in [3.05, 3.63) is 34.8 Å². The van der Waals surface area contributed by atoms with Crippen LogP contribution < -0.4 is 5.73 Å². The van der Waals surface area contributed by atoms with Gasteiger partial charge in [0.1, 0.15) is 10.7 Å². The summed E-state index contributed by atoms with van der Waals surface area (Å²) in [4.78, 5) is 4.59. The third kappa shape index (κ3) is 2.25. The predicted molar refractivity (Wildman–Crippen MR) is 70.7 cm³/mol. The molecular formula is C13H16N2S. The highest BCUT2D eigenvalue weighted by Crippen LogP contribution is 2.31. The molecule has 0 saturated carbocycles. The second kappa shape index (κ2) is 4.66. The fourth-order valence-corrected chi connectivity index (χ4v) is 2.57. The van der Waals surface area contributed by atoms with Crippen molar-refractivity contribution < 1.29 is 0 Å². The number of benzene rings is 1. The largest absolute Gasteiger partial charge is 0.389 e. The Balaban J connectivity index is 2.36. The average Bonchev–Trinajstić information content (AvgIpc) is 2.61. The maximum Gasteiger partial charge on any atom is 0.114 e. The average molecular weight is 232 g/mol. The molecule has 0 radical (unpaired) electrons. The summed E-state index contributed by atoms with van der Waals surface area (Å²) in [5.41, 5.74) is 9.30. The van der Waals surface area contributed by atoms with Crippen LogP contribution in [0, 0.1) is 6.92 Å². The molecule has 3 heteroatoms. The first-order valence-electron chi connectivity index (χ1n) is 5.53. The number of hydrogen-bond acceptors (Lipinski definition) is 3. The number of thiazole rings is 1. The molecule has 0 unspecified atom stereocenters. The number of nitrogens with two attached hydrogens (primary N) is 1. The third-order valence-corrected chi connectivity index (χ3v) is 3.43. The Labute approximate surface area is 100 Å². The van der Waals surface area contributed by atoms with Gasteiger partial charge in [0.15, 0.2) is 0 Å². The zero-order chi connectivity index (χ0) is 11.5. The summed E-state index contributed by atoms with van der Waals surface area (Å²) in [5.74, 6) is 0. The molecule has 1 aromatic heterocycles. The van der Waals surface area contributed by atoms with Crippen molar-refractivity contribution >= 4 is 16.3 Å². The van der Waals surface area contributed by atoms with Gasteiger partial charge < -0.3 is 5.73 Å². The van der Waals surface area contributed by atoms with Gasteiger partial charge in [0.25, 0.3) is 0 Å². The van der Waals surface area contributed by atoms with E-state index in [1.807, 2.05) is 0 Å². The van der Waals surface area contributed by atoms with E-state index in [2.05, 4.69) is 43.1 Å². The lowest BCUT2D eigenvalue weighted by Gasteiger charge is -1.98. The zero-order valence-electron chi connectivity index (χ0n) is 9.66. The number of nitrogen functional groups attached to an aromatic ring is 1. The molecule has 84 valence electrons. The molecule has 16 heavy (non-hydrogen) atoms. The Morgan fingerprint density at radius 3 is 2.56 bits per heavy atom. The third-order valence-electron chi connectivity index (χ3n) is 2.49. The van der Waals surface area contributed by atoms with Crippen LogP contribution in [0.3, 0.4) is 0 Å². The summed E-state index contributed by atoms with van der Waals surface area (Å²) in [6.07, 6.45) is 2.13. The number of rotatable bonds is 3. The van der Waals surface area contributed by atoms with Gasteiger partial charge in [0.2, 0.25) is 0 Å². The first-order chi connectivity index (χ1) is 7.70. The Morgan fingerprint density at radius 1 is 1.25 bits per heavy atom. The predicted octanol–water partition coefficient (Wildman–Crippen LogP) is 3.65. The van der Waals surface area contributed by atoms with Crippen LogP contribution >= 0.6 is 11.3 Å².